The maximum atomic E-state index is 12.8. The highest BCUT2D eigenvalue weighted by Crippen LogP contribution is 2.40. The third-order valence-electron chi connectivity index (χ3n) is 5.34. The van der Waals surface area contributed by atoms with E-state index >= 15 is 0 Å². The van der Waals surface area contributed by atoms with Crippen molar-refractivity contribution in [1.29, 1.82) is 0 Å². The van der Waals surface area contributed by atoms with Gasteiger partial charge in [-0.1, -0.05) is 28.4 Å². The Labute approximate surface area is 189 Å². The van der Waals surface area contributed by atoms with Crippen molar-refractivity contribution in [3.8, 4) is 11.5 Å². The zero-order valence-electron chi connectivity index (χ0n) is 16.7. The van der Waals surface area contributed by atoms with E-state index in [-0.39, 0.29) is 21.9 Å². The van der Waals surface area contributed by atoms with E-state index in [9.17, 15) is 24.7 Å². The third kappa shape index (κ3) is 3.41. The van der Waals surface area contributed by atoms with Crippen molar-refractivity contribution in [3.63, 3.8) is 0 Å². The minimum Gasteiger partial charge on any atom is -0.507 e. The molecule has 0 unspecified atom stereocenters. The highest BCUT2D eigenvalue weighted by Gasteiger charge is 2.31. The summed E-state index contributed by atoms with van der Waals surface area (Å²) >= 11 is 12.3. The molecule has 0 spiro atoms. The van der Waals surface area contributed by atoms with Crippen LogP contribution in [0.25, 0.3) is 21.9 Å². The molecule has 0 atom stereocenters. The van der Waals surface area contributed by atoms with Crippen LogP contribution in [0.15, 0.2) is 47.9 Å². The summed E-state index contributed by atoms with van der Waals surface area (Å²) in [6.07, 6.45) is 0. The van der Waals surface area contributed by atoms with Crippen molar-refractivity contribution < 1.29 is 19.0 Å². The van der Waals surface area contributed by atoms with Crippen LogP contribution in [-0.2, 0) is 0 Å². The lowest BCUT2D eigenvalue weighted by Gasteiger charge is -2.17. The first-order chi connectivity index (χ1) is 15.1. The predicted molar refractivity (Wildman–Crippen MR) is 120 cm³/mol. The molecule has 2 heterocycles. The van der Waals surface area contributed by atoms with Crippen LogP contribution >= 0.6 is 23.2 Å². The molecule has 0 saturated carbocycles. The van der Waals surface area contributed by atoms with Gasteiger partial charge in [0.05, 0.1) is 34.4 Å². The quantitative estimate of drug-likeness (QED) is 0.308. The second-order valence-corrected chi connectivity index (χ2v) is 8.18. The zero-order valence-corrected chi connectivity index (χ0v) is 18.2. The molecule has 0 amide bonds. The van der Waals surface area contributed by atoms with Gasteiger partial charge < -0.3 is 19.0 Å². The molecule has 0 saturated heterocycles. The average molecular weight is 476 g/mol. The SMILES string of the molecule is Cc1cc2oc(=O)c(C(CN=O)c3c(O)c4cc(Cl)c(C)cc4oc3=O)c(O)c2cc1Cl. The van der Waals surface area contributed by atoms with Gasteiger partial charge in [-0.25, -0.2) is 9.59 Å². The summed E-state index contributed by atoms with van der Waals surface area (Å²) in [5.74, 6) is -2.55. The molecule has 4 rings (SSSR count). The summed E-state index contributed by atoms with van der Waals surface area (Å²) in [6, 6.07) is 5.73. The fourth-order valence-corrected chi connectivity index (χ4v) is 3.99. The van der Waals surface area contributed by atoms with E-state index in [1.807, 2.05) is 0 Å². The Morgan fingerprint density at radius 1 is 0.844 bits per heavy atom. The van der Waals surface area contributed by atoms with Crippen molar-refractivity contribution in [2.24, 2.45) is 5.18 Å². The van der Waals surface area contributed by atoms with Crippen LogP contribution in [-0.4, -0.2) is 16.8 Å². The number of hydrogen-bond donors (Lipinski definition) is 2. The second kappa shape index (κ2) is 7.96. The smallest absolute Gasteiger partial charge is 0.343 e. The molecule has 164 valence electrons. The maximum absolute atomic E-state index is 12.8. The standard InChI is InChI=1S/C22H15Cl2NO7/c1-8-3-15-10(5-13(8)23)19(26)17(21(28)31-15)12(7-25-30)18-20(27)11-6-14(24)9(2)4-16(11)32-22(18)29/h3-6,12,26-27H,7H2,1-2H3. The monoisotopic (exact) mass is 475 g/mol. The average Bonchev–Trinajstić information content (AvgIpc) is 2.71. The van der Waals surface area contributed by atoms with Gasteiger partial charge in [-0.2, -0.15) is 4.91 Å². The summed E-state index contributed by atoms with van der Waals surface area (Å²) < 4.78 is 10.6. The Hall–Kier alpha value is -3.36. The first-order valence-electron chi connectivity index (χ1n) is 9.34. The fourth-order valence-electron chi connectivity index (χ4n) is 3.66. The Kier molecular flexibility index (Phi) is 5.44. The van der Waals surface area contributed by atoms with E-state index < -0.39 is 46.3 Å². The maximum Gasteiger partial charge on any atom is 0.343 e. The van der Waals surface area contributed by atoms with Gasteiger partial charge in [-0.15, -0.1) is 0 Å². The van der Waals surface area contributed by atoms with Gasteiger partial charge in [0.2, 0.25) is 0 Å². The van der Waals surface area contributed by atoms with Crippen molar-refractivity contribution in [3.05, 3.63) is 82.3 Å². The van der Waals surface area contributed by atoms with E-state index in [2.05, 4.69) is 5.18 Å². The molecule has 0 aliphatic heterocycles. The molecule has 0 radical (unpaired) electrons. The zero-order chi connectivity index (χ0) is 23.3. The Bertz CT molecular complexity index is 1430. The van der Waals surface area contributed by atoms with Gasteiger partial charge in [-0.3, -0.25) is 0 Å². The topological polar surface area (TPSA) is 130 Å². The van der Waals surface area contributed by atoms with Gasteiger partial charge in [0.1, 0.15) is 22.7 Å². The van der Waals surface area contributed by atoms with Crippen molar-refractivity contribution in [2.45, 2.75) is 19.8 Å². The van der Waals surface area contributed by atoms with Crippen LogP contribution in [0.1, 0.15) is 28.2 Å². The summed E-state index contributed by atoms with van der Waals surface area (Å²) in [5.41, 5.74) is -1.53. The van der Waals surface area contributed by atoms with E-state index in [0.29, 0.717) is 21.2 Å². The molecule has 2 aromatic carbocycles. The molecule has 32 heavy (non-hydrogen) atoms. The number of nitroso groups, excluding NO2 is 1. The first-order valence-corrected chi connectivity index (χ1v) is 10.1. The van der Waals surface area contributed by atoms with Crippen LogP contribution in [0.2, 0.25) is 10.0 Å². The molecule has 0 aliphatic rings. The fraction of sp³-hybridized carbons (Fsp3) is 0.182. The van der Waals surface area contributed by atoms with Crippen LogP contribution in [0.3, 0.4) is 0 Å². The number of hydrogen-bond acceptors (Lipinski definition) is 8. The number of aromatic hydroxyl groups is 2. The minimum atomic E-state index is -1.45. The molecule has 10 heteroatoms. The summed E-state index contributed by atoms with van der Waals surface area (Å²) in [5, 5.41) is 25.3. The number of nitrogens with zero attached hydrogens (tertiary/aromatic N) is 1. The Balaban J connectivity index is 2.07. The second-order valence-electron chi connectivity index (χ2n) is 7.36. The highest BCUT2D eigenvalue weighted by molar-refractivity contribution is 6.32. The molecular formula is C22H15Cl2NO7. The molecule has 8 nitrogen and oxygen atoms in total. The Morgan fingerprint density at radius 2 is 1.25 bits per heavy atom. The molecule has 4 aromatic rings. The number of rotatable bonds is 4. The van der Waals surface area contributed by atoms with Crippen molar-refractivity contribution in [1.82, 2.24) is 0 Å². The lowest BCUT2D eigenvalue weighted by atomic mass is 9.90. The number of halogens is 2. The number of benzene rings is 2. The van der Waals surface area contributed by atoms with Gasteiger partial charge in [0.25, 0.3) is 0 Å². The van der Waals surface area contributed by atoms with Crippen molar-refractivity contribution in [2.75, 3.05) is 6.54 Å². The van der Waals surface area contributed by atoms with Gasteiger partial charge in [0.15, 0.2) is 0 Å². The lowest BCUT2D eigenvalue weighted by molar-refractivity contribution is 0.435. The first kappa shape index (κ1) is 21.9. The van der Waals surface area contributed by atoms with Crippen LogP contribution in [0.4, 0.5) is 0 Å². The number of fused-ring (bicyclic) bond motifs is 2. The largest absolute Gasteiger partial charge is 0.507 e. The van der Waals surface area contributed by atoms with E-state index in [1.54, 1.807) is 13.8 Å². The molecular weight excluding hydrogens is 461 g/mol. The van der Waals surface area contributed by atoms with Crippen LogP contribution < -0.4 is 11.3 Å². The normalized spacial score (nSPS) is 11.5. The van der Waals surface area contributed by atoms with Gasteiger partial charge >= 0.3 is 11.3 Å². The Morgan fingerprint density at radius 3 is 1.62 bits per heavy atom. The summed E-state index contributed by atoms with van der Waals surface area (Å²) in [4.78, 5) is 36.8. The molecule has 0 bridgehead atoms. The third-order valence-corrected chi connectivity index (χ3v) is 6.16. The van der Waals surface area contributed by atoms with Crippen LogP contribution in [0.5, 0.6) is 11.5 Å². The van der Waals surface area contributed by atoms with E-state index in [1.165, 1.54) is 24.3 Å². The van der Waals surface area contributed by atoms with Gasteiger partial charge in [-0.05, 0) is 49.2 Å². The minimum absolute atomic E-state index is 0.0630. The molecule has 2 aromatic heterocycles. The summed E-state index contributed by atoms with van der Waals surface area (Å²) in [7, 11) is 0. The molecule has 0 aliphatic carbocycles. The van der Waals surface area contributed by atoms with E-state index in [4.69, 9.17) is 32.0 Å². The van der Waals surface area contributed by atoms with Crippen molar-refractivity contribution >= 4 is 45.1 Å². The molecule has 2 N–H and O–H groups in total. The lowest BCUT2D eigenvalue weighted by Crippen LogP contribution is -2.22. The predicted octanol–water partition coefficient (Wildman–Crippen LogP) is 5.13. The summed E-state index contributed by atoms with van der Waals surface area (Å²) in [6.45, 7) is 2.72. The number of aryl methyl sites for hydroxylation is 2. The van der Waals surface area contributed by atoms with Crippen LogP contribution in [0, 0.1) is 18.8 Å². The highest BCUT2D eigenvalue weighted by atomic mass is 35.5. The van der Waals surface area contributed by atoms with Gasteiger partial charge in [0, 0.05) is 10.0 Å². The van der Waals surface area contributed by atoms with E-state index in [0.717, 1.165) is 0 Å². The molecule has 0 fully saturated rings.